The van der Waals surface area contributed by atoms with E-state index in [9.17, 15) is 16.8 Å². The first-order chi connectivity index (χ1) is 13.0. The minimum Gasteiger partial charge on any atom is -0.342 e. The highest BCUT2D eigenvalue weighted by Crippen LogP contribution is 2.29. The summed E-state index contributed by atoms with van der Waals surface area (Å²) in [6, 6.07) is 9.49. The number of amidine groups is 1. The van der Waals surface area contributed by atoms with Crippen LogP contribution in [-0.2, 0) is 26.5 Å². The second kappa shape index (κ2) is 7.47. The third kappa shape index (κ3) is 4.38. The van der Waals surface area contributed by atoms with E-state index in [4.69, 9.17) is 23.2 Å². The van der Waals surface area contributed by atoms with Crippen molar-refractivity contribution in [2.75, 3.05) is 5.32 Å². The molecule has 2 aromatic carbocycles. The van der Waals surface area contributed by atoms with Crippen LogP contribution >= 0.6 is 23.2 Å². The van der Waals surface area contributed by atoms with Gasteiger partial charge in [0.2, 0.25) is 0 Å². The zero-order chi connectivity index (χ0) is 20.7. The molecule has 0 amide bonds. The number of hydrogen-bond acceptors (Lipinski definition) is 5. The Morgan fingerprint density at radius 1 is 0.857 bits per heavy atom. The fourth-order valence-corrected chi connectivity index (χ4v) is 5.71. The molecule has 28 heavy (non-hydrogen) atoms. The van der Waals surface area contributed by atoms with Gasteiger partial charge >= 0.3 is 0 Å². The predicted molar refractivity (Wildman–Crippen MR) is 111 cm³/mol. The molecule has 0 saturated carbocycles. The van der Waals surface area contributed by atoms with Gasteiger partial charge in [0.1, 0.15) is 10.7 Å². The summed E-state index contributed by atoms with van der Waals surface area (Å²) in [5.41, 5.74) is 1.89. The number of fused-ring (bicyclic) bond motifs is 2. The third-order valence-corrected chi connectivity index (χ3v) is 7.19. The SMILES string of the molecule is CC1=NS(=O)(=O)c2cc(Cl)ccc2C1.CC1=NS(=O)(=O)c2cc(Cl)ccc2N1. The lowest BCUT2D eigenvalue weighted by molar-refractivity contribution is 0.595. The Morgan fingerprint density at radius 3 is 2.11 bits per heavy atom. The molecule has 2 heterocycles. The first-order valence-corrected chi connectivity index (χ1v) is 11.6. The second-order valence-corrected chi connectivity index (χ2v) is 10.2. The van der Waals surface area contributed by atoms with Gasteiger partial charge in [0.15, 0.2) is 0 Å². The number of nitrogens with one attached hydrogen (secondary N) is 1. The van der Waals surface area contributed by atoms with Gasteiger partial charge in [-0.05, 0) is 49.7 Å². The van der Waals surface area contributed by atoms with Crippen molar-refractivity contribution in [2.45, 2.75) is 30.1 Å². The molecule has 0 atom stereocenters. The highest BCUT2D eigenvalue weighted by atomic mass is 35.5. The van der Waals surface area contributed by atoms with E-state index in [1.807, 2.05) is 0 Å². The molecule has 0 bridgehead atoms. The Kier molecular flexibility index (Phi) is 5.55. The lowest BCUT2D eigenvalue weighted by Gasteiger charge is -2.15. The summed E-state index contributed by atoms with van der Waals surface area (Å²) < 4.78 is 53.4. The number of halogens is 2. The quantitative estimate of drug-likeness (QED) is 0.642. The van der Waals surface area contributed by atoms with Gasteiger partial charge in [0.25, 0.3) is 20.0 Å². The van der Waals surface area contributed by atoms with E-state index in [0.717, 1.165) is 5.56 Å². The molecule has 11 heteroatoms. The van der Waals surface area contributed by atoms with Gasteiger partial charge in [-0.2, -0.15) is 21.2 Å². The molecular weight excluding hydrogens is 445 g/mol. The minimum absolute atomic E-state index is 0.121. The predicted octanol–water partition coefficient (Wildman–Crippen LogP) is 3.92. The van der Waals surface area contributed by atoms with Crippen molar-refractivity contribution in [2.24, 2.45) is 8.80 Å². The molecule has 2 aliphatic rings. The van der Waals surface area contributed by atoms with E-state index in [-0.39, 0.29) is 9.79 Å². The van der Waals surface area contributed by atoms with Crippen LogP contribution < -0.4 is 5.32 Å². The number of anilines is 1. The monoisotopic (exact) mass is 459 g/mol. The molecule has 0 unspecified atom stereocenters. The summed E-state index contributed by atoms with van der Waals surface area (Å²) in [4.78, 5) is 0.353. The minimum atomic E-state index is -3.57. The number of rotatable bonds is 0. The first-order valence-electron chi connectivity index (χ1n) is 7.95. The average molecular weight is 460 g/mol. The fourth-order valence-electron chi connectivity index (χ4n) is 2.74. The van der Waals surface area contributed by atoms with E-state index in [1.54, 1.807) is 38.1 Å². The van der Waals surface area contributed by atoms with Gasteiger partial charge < -0.3 is 5.32 Å². The molecule has 0 saturated heterocycles. The summed E-state index contributed by atoms with van der Waals surface area (Å²) in [7, 11) is -7.08. The maximum absolute atomic E-state index is 11.6. The second-order valence-electron chi connectivity index (χ2n) is 6.15. The van der Waals surface area contributed by atoms with E-state index in [2.05, 4.69) is 14.1 Å². The molecule has 148 valence electrons. The van der Waals surface area contributed by atoms with Crippen LogP contribution in [-0.4, -0.2) is 28.4 Å². The molecule has 2 aliphatic heterocycles. The van der Waals surface area contributed by atoms with Crippen molar-refractivity contribution < 1.29 is 16.8 Å². The van der Waals surface area contributed by atoms with Crippen molar-refractivity contribution >= 4 is 60.5 Å². The Balaban J connectivity index is 0.000000161. The molecular formula is C17H15Cl2N3O4S2. The molecule has 0 aliphatic carbocycles. The Hall–Kier alpha value is -1.94. The van der Waals surface area contributed by atoms with Gasteiger partial charge in [-0.3, -0.25) is 0 Å². The summed E-state index contributed by atoms with van der Waals surface area (Å²) in [5.74, 6) is 0.361. The molecule has 2 aromatic rings. The van der Waals surface area contributed by atoms with Gasteiger partial charge in [0.05, 0.1) is 10.6 Å². The maximum Gasteiger partial charge on any atom is 0.286 e. The molecule has 0 fully saturated rings. The standard InChI is InChI=1S/C9H8ClNO2S.C8H7ClN2O2S/c1-6-4-7-2-3-8(10)5-9(7)14(12,13)11-6;1-5-10-7-3-2-6(9)4-8(7)14(12,13)11-5/h2-3,5H,4H2,1H3;2-4H,1H3,(H,10,11). The number of nitrogens with zero attached hydrogens (tertiary/aromatic N) is 2. The van der Waals surface area contributed by atoms with Crippen LogP contribution in [0.1, 0.15) is 19.4 Å². The van der Waals surface area contributed by atoms with Crippen molar-refractivity contribution in [3.63, 3.8) is 0 Å². The van der Waals surface area contributed by atoms with Crippen LogP contribution in [0, 0.1) is 0 Å². The van der Waals surface area contributed by atoms with Crippen LogP contribution in [0.5, 0.6) is 0 Å². The molecule has 0 aromatic heterocycles. The molecule has 4 rings (SSSR count). The van der Waals surface area contributed by atoms with Crippen LogP contribution in [0.25, 0.3) is 0 Å². The van der Waals surface area contributed by atoms with Crippen LogP contribution in [0.2, 0.25) is 10.0 Å². The van der Waals surface area contributed by atoms with E-state index < -0.39 is 20.0 Å². The van der Waals surface area contributed by atoms with Crippen LogP contribution in [0.15, 0.2) is 55.0 Å². The van der Waals surface area contributed by atoms with Gasteiger partial charge in [0, 0.05) is 22.2 Å². The van der Waals surface area contributed by atoms with Crippen molar-refractivity contribution in [1.29, 1.82) is 0 Å². The third-order valence-electron chi connectivity index (χ3n) is 3.82. The zero-order valence-corrected chi connectivity index (χ0v) is 17.9. The lowest BCUT2D eigenvalue weighted by Crippen LogP contribution is -2.18. The van der Waals surface area contributed by atoms with Gasteiger partial charge in [-0.15, -0.1) is 4.40 Å². The Morgan fingerprint density at radius 2 is 1.43 bits per heavy atom. The topological polar surface area (TPSA) is 105 Å². The maximum atomic E-state index is 11.6. The lowest BCUT2D eigenvalue weighted by atomic mass is 10.1. The van der Waals surface area contributed by atoms with Gasteiger partial charge in [-0.1, -0.05) is 29.3 Å². The normalized spacial score (nSPS) is 18.3. The van der Waals surface area contributed by atoms with E-state index in [0.29, 0.717) is 33.7 Å². The molecule has 1 N–H and O–H groups in total. The summed E-state index contributed by atoms with van der Waals surface area (Å²) in [6.07, 6.45) is 0.575. The molecule has 0 spiro atoms. The van der Waals surface area contributed by atoms with E-state index in [1.165, 1.54) is 12.1 Å². The largest absolute Gasteiger partial charge is 0.342 e. The summed E-state index contributed by atoms with van der Waals surface area (Å²) >= 11 is 11.4. The highest BCUT2D eigenvalue weighted by molar-refractivity contribution is 7.90. The van der Waals surface area contributed by atoms with E-state index >= 15 is 0 Å². The number of benzene rings is 2. The van der Waals surface area contributed by atoms with Crippen LogP contribution in [0.3, 0.4) is 0 Å². The number of sulfonamides is 2. The van der Waals surface area contributed by atoms with Crippen molar-refractivity contribution in [1.82, 2.24) is 0 Å². The smallest absolute Gasteiger partial charge is 0.286 e. The Bertz CT molecular complexity index is 1140. The zero-order valence-electron chi connectivity index (χ0n) is 14.8. The fraction of sp³-hybridized carbons (Fsp3) is 0.176. The highest BCUT2D eigenvalue weighted by Gasteiger charge is 2.24. The Labute approximate surface area is 173 Å². The summed E-state index contributed by atoms with van der Waals surface area (Å²) in [6.45, 7) is 3.30. The first kappa shape index (κ1) is 20.8. The van der Waals surface area contributed by atoms with Gasteiger partial charge in [-0.25, -0.2) is 0 Å². The van der Waals surface area contributed by atoms with Crippen molar-refractivity contribution in [3.05, 3.63) is 52.0 Å². The summed E-state index contributed by atoms with van der Waals surface area (Å²) in [5, 5.41) is 3.65. The average Bonchev–Trinajstić information content (AvgIpc) is 2.56. The molecule has 0 radical (unpaired) electrons. The van der Waals surface area contributed by atoms with Crippen LogP contribution in [0.4, 0.5) is 5.69 Å². The number of hydrogen-bond donors (Lipinski definition) is 1. The van der Waals surface area contributed by atoms with Crippen molar-refractivity contribution in [3.8, 4) is 0 Å². The molecule has 7 nitrogen and oxygen atoms in total.